The van der Waals surface area contributed by atoms with Crippen LogP contribution in [0.3, 0.4) is 0 Å². The second-order valence-electron chi connectivity index (χ2n) is 7.69. The minimum atomic E-state index is -1.82. The van der Waals surface area contributed by atoms with Crippen molar-refractivity contribution in [3.63, 3.8) is 0 Å². The van der Waals surface area contributed by atoms with Crippen molar-refractivity contribution in [3.05, 3.63) is 108 Å². The average Bonchev–Trinajstić information content (AvgIpc) is 2.80. The molecule has 3 aromatic rings. The predicted molar refractivity (Wildman–Crippen MR) is 127 cm³/mol. The van der Waals surface area contributed by atoms with Crippen LogP contribution in [0.25, 0.3) is 0 Å². The van der Waals surface area contributed by atoms with E-state index in [9.17, 15) is 5.11 Å². The van der Waals surface area contributed by atoms with E-state index in [1.54, 1.807) is 0 Å². The first-order valence-electron chi connectivity index (χ1n) is 10.3. The van der Waals surface area contributed by atoms with Crippen LogP contribution in [0.4, 0.5) is 0 Å². The van der Waals surface area contributed by atoms with Crippen LogP contribution in [0, 0.1) is 5.92 Å². The van der Waals surface area contributed by atoms with Crippen LogP contribution in [-0.2, 0) is 21.7 Å². The Morgan fingerprint density at radius 2 is 1.15 bits per heavy atom. The third-order valence-electron chi connectivity index (χ3n) is 5.20. The van der Waals surface area contributed by atoms with Crippen molar-refractivity contribution in [2.45, 2.75) is 19.1 Å². The van der Waals surface area contributed by atoms with Gasteiger partial charge in [-0.1, -0.05) is 97.9 Å². The molecule has 0 aromatic heterocycles. The summed E-state index contributed by atoms with van der Waals surface area (Å²) >= 11 is 0. The van der Waals surface area contributed by atoms with E-state index in [2.05, 4.69) is 43.1 Å². The second kappa shape index (κ2) is 13.1. The Balaban J connectivity index is 0.000000691. The number of carboxylic acid groups (broad SMARTS) is 2. The molecule has 0 spiro atoms. The maximum Gasteiger partial charge on any atom is 0.414 e. The molecule has 0 aliphatic carbocycles. The van der Waals surface area contributed by atoms with Gasteiger partial charge in [0, 0.05) is 19.0 Å². The Hall–Kier alpha value is -3.52. The molecular weight excluding hydrogens is 422 g/mol. The highest BCUT2D eigenvalue weighted by molar-refractivity contribution is 6.27. The zero-order valence-corrected chi connectivity index (χ0v) is 18.8. The number of carbonyl (C=O) groups is 2. The van der Waals surface area contributed by atoms with Crippen LogP contribution in [0.1, 0.15) is 23.6 Å². The molecule has 7 heteroatoms. The van der Waals surface area contributed by atoms with E-state index in [1.165, 1.54) is 5.56 Å². The lowest BCUT2D eigenvalue weighted by Gasteiger charge is -2.37. The summed E-state index contributed by atoms with van der Waals surface area (Å²) < 4.78 is 0. The molecule has 176 valence electrons. The van der Waals surface area contributed by atoms with Crippen molar-refractivity contribution in [1.29, 1.82) is 0 Å². The molecule has 0 bridgehead atoms. The monoisotopic (exact) mass is 453 g/mol. The van der Waals surface area contributed by atoms with Crippen molar-refractivity contribution < 1.29 is 30.4 Å². The van der Waals surface area contributed by atoms with Gasteiger partial charge in [-0.05, 0) is 23.7 Å². The van der Waals surface area contributed by atoms with Gasteiger partial charge in [-0.15, -0.1) is 0 Å². The summed E-state index contributed by atoms with van der Waals surface area (Å²) in [7, 11) is 2.11. The highest BCUT2D eigenvalue weighted by atomic mass is 16.4. The van der Waals surface area contributed by atoms with Gasteiger partial charge in [0.15, 0.2) is 0 Å². The molecule has 0 radical (unpaired) electrons. The van der Waals surface area contributed by atoms with Crippen molar-refractivity contribution in [2.75, 3.05) is 13.6 Å². The van der Waals surface area contributed by atoms with E-state index in [0.29, 0.717) is 0 Å². The Bertz CT molecular complexity index is 928. The number of rotatable bonds is 7. The Morgan fingerprint density at radius 3 is 1.52 bits per heavy atom. The van der Waals surface area contributed by atoms with Gasteiger partial charge in [0.2, 0.25) is 0 Å². The van der Waals surface area contributed by atoms with Gasteiger partial charge in [0.25, 0.3) is 0 Å². The molecule has 1 atom stereocenters. The molecule has 0 saturated heterocycles. The number of nitrogens with zero attached hydrogens (tertiary/aromatic N) is 1. The fraction of sp³-hybridized carbons (Fsp3) is 0.231. The number of benzene rings is 3. The molecule has 0 fully saturated rings. The van der Waals surface area contributed by atoms with Gasteiger partial charge in [0.05, 0.1) is 0 Å². The molecule has 0 aliphatic heterocycles. The fourth-order valence-electron chi connectivity index (χ4n) is 3.68. The third kappa shape index (κ3) is 7.84. The third-order valence-corrected chi connectivity index (χ3v) is 5.20. The van der Waals surface area contributed by atoms with Gasteiger partial charge in [-0.2, -0.15) is 0 Å². The zero-order valence-electron chi connectivity index (χ0n) is 18.8. The van der Waals surface area contributed by atoms with E-state index in [1.807, 2.05) is 66.7 Å². The lowest BCUT2D eigenvalue weighted by Crippen LogP contribution is -2.40. The maximum atomic E-state index is 11.8. The van der Waals surface area contributed by atoms with Gasteiger partial charge in [0.1, 0.15) is 5.60 Å². The van der Waals surface area contributed by atoms with Crippen LogP contribution in [0.15, 0.2) is 91.0 Å². The minimum absolute atomic E-state index is 0. The molecule has 33 heavy (non-hydrogen) atoms. The van der Waals surface area contributed by atoms with Crippen LogP contribution < -0.4 is 0 Å². The normalized spacial score (nSPS) is 11.5. The molecular formula is C26H31NO6. The second-order valence-corrected chi connectivity index (χ2v) is 7.69. The van der Waals surface area contributed by atoms with Crippen molar-refractivity contribution >= 4 is 11.9 Å². The summed E-state index contributed by atoms with van der Waals surface area (Å²) in [6.45, 7) is 3.78. The molecule has 0 saturated carbocycles. The van der Waals surface area contributed by atoms with Crippen LogP contribution >= 0.6 is 0 Å². The van der Waals surface area contributed by atoms with Crippen molar-refractivity contribution in [1.82, 2.24) is 4.90 Å². The summed E-state index contributed by atoms with van der Waals surface area (Å²) in [6, 6.07) is 30.4. The molecule has 0 heterocycles. The zero-order chi connectivity index (χ0) is 23.6. The smallest absolute Gasteiger partial charge is 0.414 e. The van der Waals surface area contributed by atoms with Gasteiger partial charge in [-0.3, -0.25) is 0 Å². The number of carboxylic acids is 2. The van der Waals surface area contributed by atoms with E-state index >= 15 is 0 Å². The van der Waals surface area contributed by atoms with Crippen molar-refractivity contribution in [3.8, 4) is 0 Å². The highest BCUT2D eigenvalue weighted by Gasteiger charge is 2.37. The summed E-state index contributed by atoms with van der Waals surface area (Å²) in [5.41, 5.74) is 2.14. The first-order valence-corrected chi connectivity index (χ1v) is 10.3. The predicted octanol–water partition coefficient (Wildman–Crippen LogP) is 3.02. The largest absolute Gasteiger partial charge is 0.473 e. The van der Waals surface area contributed by atoms with E-state index in [-0.39, 0.29) is 11.4 Å². The molecule has 0 amide bonds. The molecule has 7 nitrogen and oxygen atoms in total. The van der Waals surface area contributed by atoms with Crippen LogP contribution in [0.2, 0.25) is 0 Å². The summed E-state index contributed by atoms with van der Waals surface area (Å²) in [5, 5.41) is 26.6. The lowest BCUT2D eigenvalue weighted by molar-refractivity contribution is -0.159. The molecule has 3 aromatic carbocycles. The van der Waals surface area contributed by atoms with E-state index < -0.39 is 17.5 Å². The van der Waals surface area contributed by atoms with E-state index in [0.717, 1.165) is 24.2 Å². The molecule has 3 rings (SSSR count). The van der Waals surface area contributed by atoms with Gasteiger partial charge < -0.3 is 25.7 Å². The summed E-state index contributed by atoms with van der Waals surface area (Å²) in [4.78, 5) is 20.5. The first kappa shape index (κ1) is 27.5. The topological polar surface area (TPSA) is 130 Å². The summed E-state index contributed by atoms with van der Waals surface area (Å²) in [6.07, 6.45) is 0. The van der Waals surface area contributed by atoms with Crippen LogP contribution in [-0.4, -0.2) is 51.2 Å². The molecule has 5 N–H and O–H groups in total. The average molecular weight is 454 g/mol. The summed E-state index contributed by atoms with van der Waals surface area (Å²) in [5.74, 6) is -3.62. The number of hydrogen-bond donors (Lipinski definition) is 3. The highest BCUT2D eigenvalue weighted by Crippen LogP contribution is 2.37. The first-order chi connectivity index (χ1) is 15.2. The lowest BCUT2D eigenvalue weighted by atomic mass is 9.76. The fourth-order valence-corrected chi connectivity index (χ4v) is 3.68. The van der Waals surface area contributed by atoms with Crippen LogP contribution in [0.5, 0.6) is 0 Å². The number of aliphatic hydroxyl groups is 1. The standard InChI is InChI=1S/C24H27NO.C2H2O4.H2O/c1-20(18-25(2)19-21-12-6-3-7-13-21)24(26,22-14-8-4-9-15-22)23-16-10-5-11-17-23;3-1(4)2(5)6;/h3-17,20,26H,18-19H2,1-2H3;(H,3,4)(H,5,6);1H2. The van der Waals surface area contributed by atoms with Gasteiger partial charge >= 0.3 is 11.9 Å². The number of aliphatic carboxylic acids is 2. The van der Waals surface area contributed by atoms with Gasteiger partial charge in [-0.25, -0.2) is 9.59 Å². The SMILES string of the molecule is CC(CN(C)Cc1ccccc1)C(O)(c1ccccc1)c1ccccc1.O.O=C(O)C(=O)O. The molecule has 0 aliphatic rings. The number of hydrogen-bond acceptors (Lipinski definition) is 4. The Morgan fingerprint density at radius 1 is 0.788 bits per heavy atom. The van der Waals surface area contributed by atoms with E-state index in [4.69, 9.17) is 19.8 Å². The maximum absolute atomic E-state index is 11.8. The van der Waals surface area contributed by atoms with Crippen molar-refractivity contribution in [2.24, 2.45) is 5.92 Å². The Labute approximate surface area is 193 Å². The molecule has 1 unspecified atom stereocenters. The quantitative estimate of drug-likeness (QED) is 0.472. The Kier molecular flexibility index (Phi) is 10.9. The minimum Gasteiger partial charge on any atom is -0.473 e.